The lowest BCUT2D eigenvalue weighted by Gasteiger charge is -2.04. The Morgan fingerprint density at radius 3 is 2.75 bits per heavy atom. The van der Waals surface area contributed by atoms with Gasteiger partial charge in [-0.15, -0.1) is 11.3 Å². The summed E-state index contributed by atoms with van der Waals surface area (Å²) in [6.45, 7) is 0. The molecule has 0 bridgehead atoms. The van der Waals surface area contributed by atoms with E-state index in [4.69, 9.17) is 23.2 Å². The third-order valence-corrected chi connectivity index (χ3v) is 3.29. The Morgan fingerprint density at radius 2 is 2.06 bits per heavy atom. The third-order valence-electron chi connectivity index (χ3n) is 1.93. The second-order valence-electron chi connectivity index (χ2n) is 3.07. The predicted molar refractivity (Wildman–Crippen MR) is 69.2 cm³/mol. The Balaban J connectivity index is 2.40. The minimum atomic E-state index is 0.350. The quantitative estimate of drug-likeness (QED) is 0.346. The summed E-state index contributed by atoms with van der Waals surface area (Å²) < 4.78 is 0.722. The number of halogens is 2. The molecule has 0 unspecified atom stereocenters. The highest BCUT2D eigenvalue weighted by atomic mass is 35.5. The molecule has 0 radical (unpaired) electrons. The Morgan fingerprint density at radius 1 is 1.25 bits per heavy atom. The van der Waals surface area contributed by atoms with Gasteiger partial charge in [0.25, 0.3) is 0 Å². The molecule has 2 rings (SSSR count). The number of thiophene rings is 1. The fourth-order valence-electron chi connectivity index (χ4n) is 1.20. The zero-order valence-corrected chi connectivity index (χ0v) is 10.4. The van der Waals surface area contributed by atoms with Crippen molar-refractivity contribution >= 4 is 46.4 Å². The summed E-state index contributed by atoms with van der Waals surface area (Å²) in [6, 6.07) is 8.53. The standard InChI is InChI=1S/C11H7Cl2NOS/c12-8-3-4-10(13)11(6-8)14(15)7-9-2-1-5-16-9/h1-7H. The number of benzene rings is 1. The SMILES string of the molecule is [O-][N+](=Cc1cccs1)c1cc(Cl)ccc1Cl. The molecule has 0 saturated heterocycles. The highest BCUT2D eigenvalue weighted by molar-refractivity contribution is 7.11. The van der Waals surface area contributed by atoms with E-state index in [2.05, 4.69) is 0 Å². The van der Waals surface area contributed by atoms with Crippen LogP contribution in [0.4, 0.5) is 5.69 Å². The zero-order chi connectivity index (χ0) is 11.5. The molecule has 0 aliphatic heterocycles. The van der Waals surface area contributed by atoms with Gasteiger partial charge in [0, 0.05) is 11.1 Å². The van der Waals surface area contributed by atoms with Crippen LogP contribution >= 0.6 is 34.5 Å². The van der Waals surface area contributed by atoms with E-state index >= 15 is 0 Å². The molecule has 0 amide bonds. The summed E-state index contributed by atoms with van der Waals surface area (Å²) in [6.07, 6.45) is 1.47. The van der Waals surface area contributed by atoms with Gasteiger partial charge in [0.1, 0.15) is 5.02 Å². The highest BCUT2D eigenvalue weighted by Crippen LogP contribution is 2.27. The predicted octanol–water partition coefficient (Wildman–Crippen LogP) is 4.32. The summed E-state index contributed by atoms with van der Waals surface area (Å²) in [4.78, 5) is 0.867. The number of rotatable bonds is 2. The fourth-order valence-corrected chi connectivity index (χ4v) is 2.20. The van der Waals surface area contributed by atoms with Gasteiger partial charge in [-0.25, -0.2) is 0 Å². The van der Waals surface area contributed by atoms with Crippen LogP contribution in [0.25, 0.3) is 0 Å². The maximum absolute atomic E-state index is 11.8. The lowest BCUT2D eigenvalue weighted by atomic mass is 10.3. The summed E-state index contributed by atoms with van der Waals surface area (Å²) in [7, 11) is 0. The average Bonchev–Trinajstić information content (AvgIpc) is 2.74. The Bertz CT molecular complexity index is 523. The highest BCUT2D eigenvalue weighted by Gasteiger charge is 2.09. The molecule has 0 fully saturated rings. The Hall–Kier alpha value is -1.03. The first-order valence-electron chi connectivity index (χ1n) is 4.46. The van der Waals surface area contributed by atoms with Crippen molar-refractivity contribution in [3.05, 3.63) is 55.8 Å². The maximum Gasteiger partial charge on any atom is 0.236 e. The van der Waals surface area contributed by atoms with Crippen molar-refractivity contribution < 1.29 is 4.74 Å². The van der Waals surface area contributed by atoms with Gasteiger partial charge in [-0.05, 0) is 23.6 Å². The van der Waals surface area contributed by atoms with Crippen molar-refractivity contribution in [2.24, 2.45) is 0 Å². The van der Waals surface area contributed by atoms with Gasteiger partial charge in [-0.2, -0.15) is 4.74 Å². The van der Waals surface area contributed by atoms with E-state index in [-0.39, 0.29) is 0 Å². The van der Waals surface area contributed by atoms with Gasteiger partial charge in [0.05, 0.1) is 4.88 Å². The van der Waals surface area contributed by atoms with Crippen LogP contribution in [0.15, 0.2) is 35.7 Å². The number of hydrogen-bond acceptors (Lipinski definition) is 2. The molecule has 1 heterocycles. The first-order valence-corrected chi connectivity index (χ1v) is 6.10. The van der Waals surface area contributed by atoms with Gasteiger partial charge in [0.2, 0.25) is 5.69 Å². The van der Waals surface area contributed by atoms with Gasteiger partial charge in [0.15, 0.2) is 6.21 Å². The molecular weight excluding hydrogens is 265 g/mol. The summed E-state index contributed by atoms with van der Waals surface area (Å²) in [5.74, 6) is 0. The molecule has 5 heteroatoms. The molecule has 2 nitrogen and oxygen atoms in total. The van der Waals surface area contributed by atoms with E-state index < -0.39 is 0 Å². The van der Waals surface area contributed by atoms with Crippen LogP contribution in [-0.2, 0) is 0 Å². The molecular formula is C11H7Cl2NOS. The van der Waals surface area contributed by atoms with E-state index in [1.54, 1.807) is 18.2 Å². The van der Waals surface area contributed by atoms with Crippen LogP contribution in [-0.4, -0.2) is 11.0 Å². The van der Waals surface area contributed by atoms with Crippen molar-refractivity contribution in [2.75, 3.05) is 0 Å². The number of nitrogens with zero attached hydrogens (tertiary/aromatic N) is 1. The summed E-state index contributed by atoms with van der Waals surface area (Å²) in [5.41, 5.74) is 0.350. The molecule has 16 heavy (non-hydrogen) atoms. The van der Waals surface area contributed by atoms with Crippen LogP contribution in [0.3, 0.4) is 0 Å². The Kier molecular flexibility index (Phi) is 3.49. The molecule has 1 aromatic carbocycles. The Labute approximate surface area is 107 Å². The van der Waals surface area contributed by atoms with E-state index in [1.807, 2.05) is 17.5 Å². The lowest BCUT2D eigenvalue weighted by Crippen LogP contribution is -1.97. The summed E-state index contributed by atoms with van der Waals surface area (Å²) in [5, 5.41) is 14.6. The van der Waals surface area contributed by atoms with Crippen LogP contribution in [0.1, 0.15) is 4.88 Å². The largest absolute Gasteiger partial charge is 0.618 e. The molecule has 0 spiro atoms. The van der Waals surface area contributed by atoms with Crippen molar-refractivity contribution in [1.29, 1.82) is 0 Å². The molecule has 82 valence electrons. The summed E-state index contributed by atoms with van der Waals surface area (Å²) >= 11 is 13.2. The first-order chi connectivity index (χ1) is 7.66. The van der Waals surface area contributed by atoms with E-state index in [0.717, 1.165) is 9.62 Å². The van der Waals surface area contributed by atoms with Gasteiger partial charge >= 0.3 is 0 Å². The maximum atomic E-state index is 11.8. The molecule has 0 aliphatic rings. The van der Waals surface area contributed by atoms with Crippen molar-refractivity contribution in [2.45, 2.75) is 0 Å². The normalized spacial score (nSPS) is 11.8. The van der Waals surface area contributed by atoms with Gasteiger partial charge in [-0.3, -0.25) is 0 Å². The second-order valence-corrected chi connectivity index (χ2v) is 4.89. The number of hydrogen-bond donors (Lipinski definition) is 0. The van der Waals surface area contributed by atoms with Crippen LogP contribution < -0.4 is 0 Å². The molecule has 0 aliphatic carbocycles. The van der Waals surface area contributed by atoms with E-state index in [9.17, 15) is 5.21 Å². The second kappa shape index (κ2) is 4.87. The van der Waals surface area contributed by atoms with Gasteiger partial charge < -0.3 is 5.21 Å². The third kappa shape index (κ3) is 2.55. The molecule has 0 N–H and O–H groups in total. The monoisotopic (exact) mass is 271 g/mol. The van der Waals surface area contributed by atoms with Gasteiger partial charge in [-0.1, -0.05) is 29.3 Å². The minimum absolute atomic E-state index is 0.350. The zero-order valence-electron chi connectivity index (χ0n) is 8.06. The topological polar surface area (TPSA) is 26.1 Å². The molecule has 0 saturated carbocycles. The van der Waals surface area contributed by atoms with Crippen LogP contribution in [0.5, 0.6) is 0 Å². The van der Waals surface area contributed by atoms with E-state index in [1.165, 1.54) is 17.6 Å². The van der Waals surface area contributed by atoms with Crippen molar-refractivity contribution in [3.8, 4) is 0 Å². The first kappa shape index (κ1) is 11.5. The smallest absolute Gasteiger partial charge is 0.236 e. The molecule has 1 aromatic heterocycles. The van der Waals surface area contributed by atoms with E-state index in [0.29, 0.717) is 15.7 Å². The van der Waals surface area contributed by atoms with Crippen LogP contribution in [0, 0.1) is 5.21 Å². The van der Waals surface area contributed by atoms with Crippen molar-refractivity contribution in [3.63, 3.8) is 0 Å². The van der Waals surface area contributed by atoms with Crippen molar-refractivity contribution in [1.82, 2.24) is 0 Å². The van der Waals surface area contributed by atoms with Crippen LogP contribution in [0.2, 0.25) is 10.0 Å². The molecule has 0 atom stereocenters. The lowest BCUT2D eigenvalue weighted by molar-refractivity contribution is -0.354. The minimum Gasteiger partial charge on any atom is -0.618 e. The fraction of sp³-hybridized carbons (Fsp3) is 0. The average molecular weight is 272 g/mol. The molecule has 2 aromatic rings.